The van der Waals surface area contributed by atoms with Gasteiger partial charge in [-0.3, -0.25) is 4.79 Å². The van der Waals surface area contributed by atoms with Gasteiger partial charge in [-0.05, 0) is 40.9 Å². The van der Waals surface area contributed by atoms with Gasteiger partial charge in [-0.25, -0.2) is 9.78 Å². The summed E-state index contributed by atoms with van der Waals surface area (Å²) in [4.78, 5) is 30.8. The number of nitrogens with zero attached hydrogens (tertiary/aromatic N) is 1. The third-order valence-corrected chi connectivity index (χ3v) is 6.46. The molecule has 7 heteroatoms. The van der Waals surface area contributed by atoms with Crippen molar-refractivity contribution in [3.05, 3.63) is 75.2 Å². The van der Waals surface area contributed by atoms with E-state index in [9.17, 15) is 9.59 Å². The van der Waals surface area contributed by atoms with Crippen molar-refractivity contribution in [1.82, 2.24) is 10.3 Å². The van der Waals surface area contributed by atoms with E-state index in [0.29, 0.717) is 10.0 Å². The number of benzene rings is 2. The monoisotopic (exact) mass is 486 g/mol. The van der Waals surface area contributed by atoms with E-state index in [1.165, 1.54) is 11.3 Å². The van der Waals surface area contributed by atoms with Crippen LogP contribution in [-0.4, -0.2) is 22.9 Å². The van der Waals surface area contributed by atoms with Gasteiger partial charge in [0.25, 0.3) is 5.91 Å². The molecule has 2 aromatic carbocycles. The van der Waals surface area contributed by atoms with Crippen LogP contribution in [0.15, 0.2) is 59.1 Å². The number of aromatic nitrogens is 1. The van der Waals surface area contributed by atoms with Gasteiger partial charge < -0.3 is 10.1 Å². The fourth-order valence-corrected chi connectivity index (χ4v) is 4.30. The summed E-state index contributed by atoms with van der Waals surface area (Å²) in [5.74, 6) is -0.899. The Kier molecular flexibility index (Phi) is 7.39. The summed E-state index contributed by atoms with van der Waals surface area (Å²) < 4.78 is 6.23. The number of rotatable bonds is 7. The summed E-state index contributed by atoms with van der Waals surface area (Å²) in [5.41, 5.74) is 2.34. The molecule has 0 aliphatic carbocycles. The molecule has 1 aromatic heterocycles. The van der Waals surface area contributed by atoms with Gasteiger partial charge >= 0.3 is 5.97 Å². The molecule has 0 spiro atoms. The SMILES string of the molecule is Cc1nc(-c2ccccc2)sc1COC(=O)[C@H](NC(=O)c1ccccc1Br)C(C)C. The molecule has 0 bridgehead atoms. The number of nitrogens with one attached hydrogen (secondary N) is 1. The Hall–Kier alpha value is -2.51. The minimum Gasteiger partial charge on any atom is -0.458 e. The third kappa shape index (κ3) is 5.34. The van der Waals surface area contributed by atoms with Crippen molar-refractivity contribution in [2.75, 3.05) is 0 Å². The van der Waals surface area contributed by atoms with E-state index >= 15 is 0 Å². The maximum absolute atomic E-state index is 12.7. The molecular formula is C23H23BrN2O3S. The van der Waals surface area contributed by atoms with E-state index < -0.39 is 12.0 Å². The molecule has 5 nitrogen and oxygen atoms in total. The zero-order valence-electron chi connectivity index (χ0n) is 17.0. The van der Waals surface area contributed by atoms with E-state index in [4.69, 9.17) is 4.74 Å². The molecule has 0 saturated carbocycles. The Bertz CT molecular complexity index is 1030. The van der Waals surface area contributed by atoms with Crippen LogP contribution in [-0.2, 0) is 16.1 Å². The Morgan fingerprint density at radius 2 is 1.77 bits per heavy atom. The topological polar surface area (TPSA) is 68.3 Å². The lowest BCUT2D eigenvalue weighted by Crippen LogP contribution is -2.45. The van der Waals surface area contributed by atoms with Gasteiger partial charge in [-0.1, -0.05) is 56.3 Å². The summed E-state index contributed by atoms with van der Waals surface area (Å²) >= 11 is 4.87. The van der Waals surface area contributed by atoms with Crippen molar-refractivity contribution < 1.29 is 14.3 Å². The molecule has 0 saturated heterocycles. The highest BCUT2D eigenvalue weighted by atomic mass is 79.9. The van der Waals surface area contributed by atoms with Gasteiger partial charge in [0.2, 0.25) is 0 Å². The Morgan fingerprint density at radius 3 is 2.43 bits per heavy atom. The number of thiazole rings is 1. The largest absolute Gasteiger partial charge is 0.458 e. The highest BCUT2D eigenvalue weighted by molar-refractivity contribution is 9.10. The number of hydrogen-bond donors (Lipinski definition) is 1. The van der Waals surface area contributed by atoms with Crippen LogP contribution >= 0.6 is 27.3 Å². The van der Waals surface area contributed by atoms with Crippen LogP contribution in [0.3, 0.4) is 0 Å². The lowest BCUT2D eigenvalue weighted by Gasteiger charge is -2.21. The van der Waals surface area contributed by atoms with Crippen LogP contribution < -0.4 is 5.32 Å². The summed E-state index contributed by atoms with van der Waals surface area (Å²) in [6, 6.07) is 16.2. The molecule has 3 aromatic rings. The van der Waals surface area contributed by atoms with Crippen molar-refractivity contribution in [2.24, 2.45) is 5.92 Å². The van der Waals surface area contributed by atoms with Gasteiger partial charge in [0.1, 0.15) is 17.7 Å². The second-order valence-electron chi connectivity index (χ2n) is 7.18. The van der Waals surface area contributed by atoms with Crippen molar-refractivity contribution >= 4 is 39.1 Å². The molecular weight excluding hydrogens is 464 g/mol. The highest BCUT2D eigenvalue weighted by Crippen LogP contribution is 2.28. The predicted octanol–water partition coefficient (Wildman–Crippen LogP) is 5.38. The molecule has 1 atom stereocenters. The number of carbonyl (C=O) groups excluding carboxylic acids is 2. The first-order chi connectivity index (χ1) is 14.4. The van der Waals surface area contributed by atoms with E-state index in [1.807, 2.05) is 57.2 Å². The standard InChI is InChI=1S/C23H23BrN2O3S/c1-14(2)20(26-21(27)17-11-7-8-12-18(17)24)23(28)29-13-19-15(3)25-22(30-19)16-9-5-4-6-10-16/h4-12,14,20H,13H2,1-3H3,(H,26,27)/t20-/m1/s1. The molecule has 0 fully saturated rings. The van der Waals surface area contributed by atoms with Crippen LogP contribution in [0.4, 0.5) is 0 Å². The quantitative estimate of drug-likeness (QED) is 0.455. The number of hydrogen-bond acceptors (Lipinski definition) is 5. The fraction of sp³-hybridized carbons (Fsp3) is 0.261. The number of esters is 1. The lowest BCUT2D eigenvalue weighted by molar-refractivity contribution is -0.148. The molecule has 0 aliphatic rings. The van der Waals surface area contributed by atoms with Gasteiger partial charge in [0.15, 0.2) is 0 Å². The fourth-order valence-electron chi connectivity index (χ4n) is 2.85. The average Bonchev–Trinajstić information content (AvgIpc) is 3.11. The number of halogens is 1. The smallest absolute Gasteiger partial charge is 0.329 e. The van der Waals surface area contributed by atoms with Crippen LogP contribution in [0.5, 0.6) is 0 Å². The maximum atomic E-state index is 12.7. The molecule has 3 rings (SSSR count). The number of amides is 1. The van der Waals surface area contributed by atoms with Gasteiger partial charge in [0, 0.05) is 10.0 Å². The van der Waals surface area contributed by atoms with Crippen molar-refractivity contribution in [2.45, 2.75) is 33.4 Å². The molecule has 1 N–H and O–H groups in total. The van der Waals surface area contributed by atoms with Gasteiger partial charge in [0.05, 0.1) is 16.1 Å². The van der Waals surface area contributed by atoms with Crippen molar-refractivity contribution in [1.29, 1.82) is 0 Å². The predicted molar refractivity (Wildman–Crippen MR) is 122 cm³/mol. The van der Waals surface area contributed by atoms with E-state index in [0.717, 1.165) is 21.1 Å². The van der Waals surface area contributed by atoms with E-state index in [-0.39, 0.29) is 18.4 Å². The van der Waals surface area contributed by atoms with Gasteiger partial charge in [-0.2, -0.15) is 0 Å². The maximum Gasteiger partial charge on any atom is 0.329 e. The minimum absolute atomic E-state index is 0.119. The zero-order chi connectivity index (χ0) is 21.7. The van der Waals surface area contributed by atoms with Crippen molar-refractivity contribution in [3.8, 4) is 10.6 Å². The van der Waals surface area contributed by atoms with Crippen LogP contribution in [0, 0.1) is 12.8 Å². The summed E-state index contributed by atoms with van der Waals surface area (Å²) in [6.45, 7) is 5.78. The molecule has 1 amide bonds. The molecule has 1 heterocycles. The van der Waals surface area contributed by atoms with Gasteiger partial charge in [-0.15, -0.1) is 11.3 Å². The molecule has 156 valence electrons. The molecule has 0 unspecified atom stereocenters. The van der Waals surface area contributed by atoms with Crippen LogP contribution in [0.25, 0.3) is 10.6 Å². The normalized spacial score (nSPS) is 11.9. The van der Waals surface area contributed by atoms with Crippen LogP contribution in [0.2, 0.25) is 0 Å². The molecule has 0 radical (unpaired) electrons. The lowest BCUT2D eigenvalue weighted by atomic mass is 10.0. The number of ether oxygens (including phenoxy) is 1. The summed E-state index contributed by atoms with van der Waals surface area (Å²) in [5, 5.41) is 3.69. The van der Waals surface area contributed by atoms with Crippen LogP contribution in [0.1, 0.15) is 34.8 Å². The van der Waals surface area contributed by atoms with E-state index in [2.05, 4.69) is 26.2 Å². The van der Waals surface area contributed by atoms with Crippen molar-refractivity contribution in [3.63, 3.8) is 0 Å². The second-order valence-corrected chi connectivity index (χ2v) is 9.11. The number of aryl methyl sites for hydroxylation is 1. The Morgan fingerprint density at radius 1 is 1.10 bits per heavy atom. The summed E-state index contributed by atoms with van der Waals surface area (Å²) in [6.07, 6.45) is 0. The first kappa shape index (κ1) is 22.2. The van der Waals surface area contributed by atoms with E-state index in [1.54, 1.807) is 18.2 Å². The average molecular weight is 487 g/mol. The third-order valence-electron chi connectivity index (χ3n) is 4.58. The highest BCUT2D eigenvalue weighted by Gasteiger charge is 2.27. The Labute approximate surface area is 188 Å². The first-order valence-electron chi connectivity index (χ1n) is 9.60. The molecule has 0 aliphatic heterocycles. The first-order valence-corrected chi connectivity index (χ1v) is 11.2. The molecule has 30 heavy (non-hydrogen) atoms. The zero-order valence-corrected chi connectivity index (χ0v) is 19.4. The minimum atomic E-state index is -0.744. The second kappa shape index (κ2) is 10.00. The number of carbonyl (C=O) groups is 2. The Balaban J connectivity index is 1.67. The summed E-state index contributed by atoms with van der Waals surface area (Å²) in [7, 11) is 0.